The van der Waals surface area contributed by atoms with Gasteiger partial charge in [0.15, 0.2) is 0 Å². The first-order valence-corrected chi connectivity index (χ1v) is 6.17. The monoisotopic (exact) mass is 229 g/mol. The predicted molar refractivity (Wildman–Crippen MR) is 61.3 cm³/mol. The fourth-order valence-electron chi connectivity index (χ4n) is 2.58. The first-order valence-electron chi connectivity index (χ1n) is 6.17. The van der Waals surface area contributed by atoms with Crippen LogP contribution in [0.4, 0.5) is 0 Å². The summed E-state index contributed by atoms with van der Waals surface area (Å²) in [5, 5.41) is 19.6. The van der Waals surface area contributed by atoms with Crippen molar-refractivity contribution in [2.45, 2.75) is 31.3 Å². The topological polar surface area (TPSA) is 52.9 Å². The summed E-state index contributed by atoms with van der Waals surface area (Å²) in [4.78, 5) is 2.16. The van der Waals surface area contributed by atoms with E-state index in [0.717, 1.165) is 32.2 Å². The van der Waals surface area contributed by atoms with E-state index in [0.29, 0.717) is 19.8 Å². The van der Waals surface area contributed by atoms with Gasteiger partial charge >= 0.3 is 0 Å². The number of hydrogen-bond acceptors (Lipinski definition) is 4. The maximum absolute atomic E-state index is 10.3. The highest BCUT2D eigenvalue weighted by Crippen LogP contribution is 2.45. The Labute approximate surface area is 97.2 Å². The largest absolute Gasteiger partial charge is 0.396 e. The van der Waals surface area contributed by atoms with E-state index in [-0.39, 0.29) is 12.0 Å². The summed E-state index contributed by atoms with van der Waals surface area (Å²) in [6, 6.07) is 0. The molecule has 2 rings (SSSR count). The van der Waals surface area contributed by atoms with Crippen LogP contribution < -0.4 is 0 Å². The van der Waals surface area contributed by atoms with E-state index in [1.165, 1.54) is 0 Å². The van der Waals surface area contributed by atoms with Gasteiger partial charge in [-0.2, -0.15) is 0 Å². The van der Waals surface area contributed by atoms with E-state index in [4.69, 9.17) is 4.74 Å². The third-order valence-electron chi connectivity index (χ3n) is 3.89. The zero-order valence-corrected chi connectivity index (χ0v) is 10.1. The van der Waals surface area contributed by atoms with Gasteiger partial charge in [-0.1, -0.05) is 0 Å². The predicted octanol–water partition coefficient (Wildman–Crippen LogP) is 0.232. The fraction of sp³-hybridized carbons (Fsp3) is 1.00. The molecule has 94 valence electrons. The number of nitrogens with zero attached hydrogens (tertiary/aromatic N) is 1. The van der Waals surface area contributed by atoms with Gasteiger partial charge in [0, 0.05) is 51.2 Å². The second-order valence-electron chi connectivity index (χ2n) is 5.67. The minimum atomic E-state index is -0.585. The molecular weight excluding hydrogens is 206 g/mol. The van der Waals surface area contributed by atoms with E-state index < -0.39 is 5.60 Å². The van der Waals surface area contributed by atoms with Crippen molar-refractivity contribution < 1.29 is 14.9 Å². The molecule has 1 heterocycles. The number of likely N-dealkylation sites (N-methyl/N-ethyl adjacent to an activating group) is 1. The maximum Gasteiger partial charge on any atom is 0.0817 e. The highest BCUT2D eigenvalue weighted by Gasteiger charge is 2.43. The minimum Gasteiger partial charge on any atom is -0.396 e. The van der Waals surface area contributed by atoms with Gasteiger partial charge in [-0.05, 0) is 19.9 Å². The lowest BCUT2D eigenvalue weighted by Gasteiger charge is -2.36. The summed E-state index contributed by atoms with van der Waals surface area (Å²) in [6.45, 7) is 3.19. The lowest BCUT2D eigenvalue weighted by molar-refractivity contribution is -0.0791. The zero-order chi connectivity index (χ0) is 11.6. The second-order valence-corrected chi connectivity index (χ2v) is 5.67. The number of rotatable bonds is 5. The van der Waals surface area contributed by atoms with Crippen molar-refractivity contribution in [3.63, 3.8) is 0 Å². The molecule has 0 aromatic heterocycles. The van der Waals surface area contributed by atoms with Gasteiger partial charge in [-0.15, -0.1) is 0 Å². The molecule has 1 saturated heterocycles. The number of aliphatic hydroxyl groups excluding tert-OH is 1. The SMILES string of the molecule is CN(CC1(O)CCOCC1)CC1(CO)CC1. The maximum atomic E-state index is 10.3. The Morgan fingerprint density at radius 1 is 1.12 bits per heavy atom. The molecular formula is C12H23NO3. The Bertz CT molecular complexity index is 234. The molecule has 0 radical (unpaired) electrons. The van der Waals surface area contributed by atoms with Crippen LogP contribution in [0, 0.1) is 5.41 Å². The Kier molecular flexibility index (Phi) is 3.54. The lowest BCUT2D eigenvalue weighted by Crippen LogP contribution is -2.47. The highest BCUT2D eigenvalue weighted by atomic mass is 16.5. The van der Waals surface area contributed by atoms with Gasteiger partial charge in [0.2, 0.25) is 0 Å². The van der Waals surface area contributed by atoms with Gasteiger partial charge < -0.3 is 19.8 Å². The van der Waals surface area contributed by atoms with Crippen molar-refractivity contribution in [3.05, 3.63) is 0 Å². The molecule has 0 unspecified atom stereocenters. The molecule has 2 fully saturated rings. The Morgan fingerprint density at radius 3 is 2.25 bits per heavy atom. The fourth-order valence-corrected chi connectivity index (χ4v) is 2.58. The molecule has 0 aromatic rings. The quantitative estimate of drug-likeness (QED) is 0.709. The first-order chi connectivity index (χ1) is 7.58. The third kappa shape index (κ3) is 2.94. The average molecular weight is 229 g/mol. The van der Waals surface area contributed by atoms with E-state index in [2.05, 4.69) is 4.90 Å². The van der Waals surface area contributed by atoms with Crippen LogP contribution in [0.1, 0.15) is 25.7 Å². The summed E-state index contributed by atoms with van der Waals surface area (Å²) in [6.07, 6.45) is 3.69. The van der Waals surface area contributed by atoms with Crippen LogP contribution in [-0.4, -0.2) is 60.7 Å². The molecule has 2 aliphatic rings. The standard InChI is InChI=1S/C12H23NO3/c1-13(8-11(10-14)2-3-11)9-12(15)4-6-16-7-5-12/h14-15H,2-10H2,1H3. The minimum absolute atomic E-state index is 0.135. The second kappa shape index (κ2) is 4.61. The molecule has 4 heteroatoms. The zero-order valence-electron chi connectivity index (χ0n) is 10.1. The average Bonchev–Trinajstić information content (AvgIpc) is 2.98. The van der Waals surface area contributed by atoms with Crippen LogP contribution in [0.15, 0.2) is 0 Å². The van der Waals surface area contributed by atoms with Crippen molar-refractivity contribution >= 4 is 0 Å². The van der Waals surface area contributed by atoms with Crippen LogP contribution in [0.25, 0.3) is 0 Å². The van der Waals surface area contributed by atoms with Gasteiger partial charge in [0.05, 0.1) is 5.60 Å². The summed E-state index contributed by atoms with van der Waals surface area (Å²) < 4.78 is 5.26. The summed E-state index contributed by atoms with van der Waals surface area (Å²) in [5.41, 5.74) is -0.450. The van der Waals surface area contributed by atoms with Gasteiger partial charge in [-0.25, -0.2) is 0 Å². The van der Waals surface area contributed by atoms with E-state index >= 15 is 0 Å². The molecule has 1 saturated carbocycles. The molecule has 0 spiro atoms. The molecule has 0 amide bonds. The highest BCUT2D eigenvalue weighted by molar-refractivity contribution is 4.96. The Balaban J connectivity index is 1.79. The normalized spacial score (nSPS) is 27.0. The van der Waals surface area contributed by atoms with E-state index in [9.17, 15) is 10.2 Å². The van der Waals surface area contributed by atoms with Crippen LogP contribution in [0.3, 0.4) is 0 Å². The van der Waals surface area contributed by atoms with Crippen molar-refractivity contribution in [2.75, 3.05) is 40.0 Å². The molecule has 2 N–H and O–H groups in total. The van der Waals surface area contributed by atoms with Crippen LogP contribution in [-0.2, 0) is 4.74 Å². The lowest BCUT2D eigenvalue weighted by atomic mass is 9.93. The number of aliphatic hydroxyl groups is 2. The molecule has 1 aliphatic heterocycles. The van der Waals surface area contributed by atoms with Gasteiger partial charge in [0.25, 0.3) is 0 Å². The molecule has 4 nitrogen and oxygen atoms in total. The summed E-state index contributed by atoms with van der Waals surface area (Å²) in [7, 11) is 2.03. The molecule has 0 aromatic carbocycles. The van der Waals surface area contributed by atoms with Crippen LogP contribution in [0.5, 0.6) is 0 Å². The smallest absolute Gasteiger partial charge is 0.0817 e. The van der Waals surface area contributed by atoms with Gasteiger partial charge in [0.1, 0.15) is 0 Å². The van der Waals surface area contributed by atoms with E-state index in [1.54, 1.807) is 0 Å². The Morgan fingerprint density at radius 2 is 1.75 bits per heavy atom. The molecule has 0 bridgehead atoms. The van der Waals surface area contributed by atoms with Crippen molar-refractivity contribution in [1.29, 1.82) is 0 Å². The van der Waals surface area contributed by atoms with Crippen LogP contribution >= 0.6 is 0 Å². The number of ether oxygens (including phenoxy) is 1. The first kappa shape index (κ1) is 12.3. The number of hydrogen-bond donors (Lipinski definition) is 2. The third-order valence-corrected chi connectivity index (χ3v) is 3.89. The summed E-state index contributed by atoms with van der Waals surface area (Å²) >= 11 is 0. The Hall–Kier alpha value is -0.160. The molecule has 0 atom stereocenters. The van der Waals surface area contributed by atoms with E-state index in [1.807, 2.05) is 7.05 Å². The van der Waals surface area contributed by atoms with Crippen molar-refractivity contribution in [1.82, 2.24) is 4.90 Å². The van der Waals surface area contributed by atoms with Crippen molar-refractivity contribution in [2.24, 2.45) is 5.41 Å². The van der Waals surface area contributed by atoms with Crippen LogP contribution in [0.2, 0.25) is 0 Å². The summed E-state index contributed by atoms with van der Waals surface area (Å²) in [5.74, 6) is 0. The van der Waals surface area contributed by atoms with Gasteiger partial charge in [-0.3, -0.25) is 0 Å². The van der Waals surface area contributed by atoms with Crippen molar-refractivity contribution in [3.8, 4) is 0 Å². The molecule has 1 aliphatic carbocycles. The molecule has 16 heavy (non-hydrogen) atoms.